The van der Waals surface area contributed by atoms with Gasteiger partial charge in [0.1, 0.15) is 30.6 Å². The smallest absolute Gasteiger partial charge is 0.244 e. The molecule has 4 rings (SSSR count). The minimum atomic E-state index is -0.419. The SMILES string of the molecule is CCOc1cc(C2C(C#N)=C(N)Oc3n[nH]c(C)c32)ccc1OCCOc1ccccc1. The van der Waals surface area contributed by atoms with Crippen LogP contribution in [0.3, 0.4) is 0 Å². The van der Waals surface area contributed by atoms with Gasteiger partial charge in [-0.25, -0.2) is 0 Å². The van der Waals surface area contributed by atoms with Gasteiger partial charge in [-0.3, -0.25) is 5.10 Å². The van der Waals surface area contributed by atoms with Gasteiger partial charge in [0.2, 0.25) is 11.8 Å². The first-order valence-electron chi connectivity index (χ1n) is 10.3. The maximum Gasteiger partial charge on any atom is 0.244 e. The Morgan fingerprint density at radius 2 is 1.88 bits per heavy atom. The Labute approximate surface area is 186 Å². The van der Waals surface area contributed by atoms with E-state index in [1.165, 1.54) is 0 Å². The molecular formula is C24H24N4O4. The summed E-state index contributed by atoms with van der Waals surface area (Å²) >= 11 is 0. The molecule has 1 unspecified atom stereocenters. The topological polar surface area (TPSA) is 115 Å². The van der Waals surface area contributed by atoms with Gasteiger partial charge in [0, 0.05) is 11.3 Å². The van der Waals surface area contributed by atoms with Crippen molar-refractivity contribution in [2.45, 2.75) is 19.8 Å². The van der Waals surface area contributed by atoms with Gasteiger partial charge in [-0.1, -0.05) is 24.3 Å². The van der Waals surface area contributed by atoms with Crippen LogP contribution in [-0.4, -0.2) is 30.0 Å². The molecule has 0 aliphatic carbocycles. The van der Waals surface area contributed by atoms with E-state index in [0.29, 0.717) is 42.8 Å². The fraction of sp³-hybridized carbons (Fsp3) is 0.250. The van der Waals surface area contributed by atoms with Gasteiger partial charge in [0.05, 0.1) is 12.5 Å². The zero-order valence-corrected chi connectivity index (χ0v) is 17.9. The first-order chi connectivity index (χ1) is 15.6. The molecule has 1 atom stereocenters. The molecule has 3 aromatic rings. The number of ether oxygens (including phenoxy) is 4. The number of nitrogens with zero attached hydrogens (tertiary/aromatic N) is 2. The van der Waals surface area contributed by atoms with Gasteiger partial charge in [0.15, 0.2) is 11.5 Å². The van der Waals surface area contributed by atoms with Gasteiger partial charge in [-0.05, 0) is 43.7 Å². The molecule has 2 heterocycles. The van der Waals surface area contributed by atoms with Crippen LogP contribution in [0.15, 0.2) is 60.0 Å². The van der Waals surface area contributed by atoms with Crippen LogP contribution in [0.4, 0.5) is 0 Å². The Kier molecular flexibility index (Phi) is 6.17. The number of para-hydroxylation sites is 1. The number of fused-ring (bicyclic) bond motifs is 1. The van der Waals surface area contributed by atoms with E-state index >= 15 is 0 Å². The molecule has 1 aliphatic heterocycles. The van der Waals surface area contributed by atoms with E-state index in [9.17, 15) is 5.26 Å². The lowest BCUT2D eigenvalue weighted by Gasteiger charge is -2.24. The average molecular weight is 432 g/mol. The minimum absolute atomic E-state index is 0.0489. The molecule has 2 aromatic carbocycles. The lowest BCUT2D eigenvalue weighted by atomic mass is 9.84. The van der Waals surface area contributed by atoms with Crippen LogP contribution < -0.4 is 24.7 Å². The number of nitrogens with two attached hydrogens (primary N) is 1. The first kappa shape index (κ1) is 21.1. The molecule has 0 saturated heterocycles. The van der Waals surface area contributed by atoms with Crippen molar-refractivity contribution in [3.8, 4) is 29.2 Å². The standard InChI is InChI=1S/C24H24N4O4/c1-3-29-20-13-16(9-10-19(20)31-12-11-30-17-7-5-4-6-8-17)22-18(14-25)23(26)32-24-21(22)15(2)27-28-24/h4-10,13,22H,3,11-12,26H2,1-2H3,(H,27,28). The molecule has 164 valence electrons. The van der Waals surface area contributed by atoms with Crippen LogP contribution in [0, 0.1) is 18.3 Å². The molecule has 3 N–H and O–H groups in total. The predicted octanol–water partition coefficient (Wildman–Crippen LogP) is 3.79. The fourth-order valence-electron chi connectivity index (χ4n) is 3.65. The van der Waals surface area contributed by atoms with Crippen molar-refractivity contribution >= 4 is 0 Å². The van der Waals surface area contributed by atoms with Gasteiger partial charge < -0.3 is 24.7 Å². The Balaban J connectivity index is 1.57. The summed E-state index contributed by atoms with van der Waals surface area (Å²) in [6.45, 7) is 5.00. The maximum absolute atomic E-state index is 9.74. The molecular weight excluding hydrogens is 408 g/mol. The third-order valence-corrected chi connectivity index (χ3v) is 5.08. The second-order valence-electron chi connectivity index (χ2n) is 7.14. The van der Waals surface area contributed by atoms with Crippen molar-refractivity contribution in [1.82, 2.24) is 10.2 Å². The van der Waals surface area contributed by atoms with E-state index in [0.717, 1.165) is 22.6 Å². The number of hydrogen-bond acceptors (Lipinski definition) is 7. The lowest BCUT2D eigenvalue weighted by Crippen LogP contribution is -2.21. The normalized spacial score (nSPS) is 14.8. The largest absolute Gasteiger partial charge is 0.490 e. The third kappa shape index (κ3) is 4.18. The van der Waals surface area contributed by atoms with Gasteiger partial charge in [0.25, 0.3) is 0 Å². The number of benzene rings is 2. The number of H-pyrrole nitrogens is 1. The number of aryl methyl sites for hydroxylation is 1. The van der Waals surface area contributed by atoms with Crippen molar-refractivity contribution in [1.29, 1.82) is 5.26 Å². The van der Waals surface area contributed by atoms with Gasteiger partial charge in [-0.2, -0.15) is 5.26 Å². The lowest BCUT2D eigenvalue weighted by molar-refractivity contribution is 0.208. The van der Waals surface area contributed by atoms with Crippen LogP contribution in [0.5, 0.6) is 23.1 Å². The van der Waals surface area contributed by atoms with Crippen LogP contribution in [0.1, 0.15) is 29.7 Å². The summed E-state index contributed by atoms with van der Waals surface area (Å²) in [5.41, 5.74) is 8.75. The van der Waals surface area contributed by atoms with Gasteiger partial charge >= 0.3 is 0 Å². The molecule has 1 aliphatic rings. The summed E-state index contributed by atoms with van der Waals surface area (Å²) in [4.78, 5) is 0. The highest BCUT2D eigenvalue weighted by molar-refractivity contribution is 5.57. The number of aromatic amines is 1. The summed E-state index contributed by atoms with van der Waals surface area (Å²) in [5, 5.41) is 16.8. The quantitative estimate of drug-likeness (QED) is 0.520. The number of hydrogen-bond donors (Lipinski definition) is 2. The monoisotopic (exact) mass is 432 g/mol. The number of aromatic nitrogens is 2. The highest BCUT2D eigenvalue weighted by atomic mass is 16.5. The third-order valence-electron chi connectivity index (χ3n) is 5.08. The molecule has 32 heavy (non-hydrogen) atoms. The summed E-state index contributed by atoms with van der Waals surface area (Å²) in [7, 11) is 0. The number of allylic oxidation sites excluding steroid dienone is 1. The molecule has 0 radical (unpaired) electrons. The molecule has 1 aromatic heterocycles. The molecule has 0 saturated carbocycles. The summed E-state index contributed by atoms with van der Waals surface area (Å²) < 4.78 is 23.0. The van der Waals surface area contributed by atoms with Crippen LogP contribution >= 0.6 is 0 Å². The molecule has 0 fully saturated rings. The summed E-state index contributed by atoms with van der Waals surface area (Å²) in [6.07, 6.45) is 0. The van der Waals surface area contributed by atoms with Crippen molar-refractivity contribution in [2.75, 3.05) is 19.8 Å². The fourth-order valence-corrected chi connectivity index (χ4v) is 3.65. The van der Waals surface area contributed by atoms with Crippen molar-refractivity contribution in [2.24, 2.45) is 5.73 Å². The van der Waals surface area contributed by atoms with Crippen molar-refractivity contribution in [3.05, 3.63) is 76.8 Å². The second kappa shape index (κ2) is 9.35. The maximum atomic E-state index is 9.74. The summed E-state index contributed by atoms with van der Waals surface area (Å²) in [5.74, 6) is 1.97. The molecule has 0 spiro atoms. The van der Waals surface area contributed by atoms with E-state index in [1.54, 1.807) is 0 Å². The number of nitrogens with one attached hydrogen (secondary N) is 1. The highest BCUT2D eigenvalue weighted by Crippen LogP contribution is 2.44. The predicted molar refractivity (Wildman–Crippen MR) is 118 cm³/mol. The minimum Gasteiger partial charge on any atom is -0.490 e. The van der Waals surface area contributed by atoms with Crippen LogP contribution in [-0.2, 0) is 0 Å². The second-order valence-corrected chi connectivity index (χ2v) is 7.14. The molecule has 0 bridgehead atoms. The summed E-state index contributed by atoms with van der Waals surface area (Å²) in [6, 6.07) is 17.3. The first-order valence-corrected chi connectivity index (χ1v) is 10.3. The van der Waals surface area contributed by atoms with Crippen LogP contribution in [0.2, 0.25) is 0 Å². The number of nitriles is 1. The molecule has 0 amide bonds. The zero-order valence-electron chi connectivity index (χ0n) is 17.9. The zero-order chi connectivity index (χ0) is 22.5. The Hall–Kier alpha value is -4.12. The van der Waals surface area contributed by atoms with E-state index < -0.39 is 5.92 Å². The van der Waals surface area contributed by atoms with Gasteiger partial charge in [-0.15, -0.1) is 5.10 Å². The highest BCUT2D eigenvalue weighted by Gasteiger charge is 2.34. The van der Waals surface area contributed by atoms with E-state index in [1.807, 2.05) is 62.4 Å². The Morgan fingerprint density at radius 1 is 1.09 bits per heavy atom. The molecule has 8 nitrogen and oxygen atoms in total. The van der Waals surface area contributed by atoms with E-state index in [2.05, 4.69) is 16.3 Å². The average Bonchev–Trinajstić information content (AvgIpc) is 3.17. The number of rotatable bonds is 8. The Morgan fingerprint density at radius 3 is 2.62 bits per heavy atom. The van der Waals surface area contributed by atoms with E-state index in [4.69, 9.17) is 24.7 Å². The molecule has 8 heteroatoms. The van der Waals surface area contributed by atoms with E-state index in [-0.39, 0.29) is 5.88 Å². The van der Waals surface area contributed by atoms with Crippen LogP contribution in [0.25, 0.3) is 0 Å². The Bertz CT molecular complexity index is 1160. The van der Waals surface area contributed by atoms with Crippen molar-refractivity contribution < 1.29 is 18.9 Å². The van der Waals surface area contributed by atoms with Crippen molar-refractivity contribution in [3.63, 3.8) is 0 Å².